The van der Waals surface area contributed by atoms with E-state index in [9.17, 15) is 5.26 Å². The molecule has 5 aromatic carbocycles. The Hall–Kier alpha value is -5.14. The number of rotatable bonds is 7. The zero-order valence-corrected chi connectivity index (χ0v) is 35.4. The van der Waals surface area contributed by atoms with E-state index >= 15 is 0 Å². The van der Waals surface area contributed by atoms with Gasteiger partial charge in [-0.1, -0.05) is 113 Å². The van der Waals surface area contributed by atoms with Gasteiger partial charge in [0.1, 0.15) is 0 Å². The van der Waals surface area contributed by atoms with Gasteiger partial charge in [0, 0.05) is 16.7 Å². The van der Waals surface area contributed by atoms with Gasteiger partial charge in [-0.25, -0.2) is 15.0 Å². The minimum atomic E-state index is 0.203. The van der Waals surface area contributed by atoms with Crippen molar-refractivity contribution in [3.63, 3.8) is 0 Å². The predicted molar refractivity (Wildman–Crippen MR) is 242 cm³/mol. The van der Waals surface area contributed by atoms with Gasteiger partial charge < -0.3 is 0 Å². The minimum absolute atomic E-state index is 0.203. The number of hydrogen-bond acceptors (Lipinski definition) is 4. The highest BCUT2D eigenvalue weighted by Crippen LogP contribution is 2.58. The monoisotopic (exact) mass is 774 g/mol. The lowest BCUT2D eigenvalue weighted by Crippen LogP contribution is -2.44. The van der Waals surface area contributed by atoms with Crippen LogP contribution in [-0.4, -0.2) is 15.0 Å². The molecule has 1 heterocycles. The Morgan fingerprint density at radius 2 is 1.02 bits per heavy atom. The number of nitriles is 1. The van der Waals surface area contributed by atoms with E-state index < -0.39 is 0 Å². The van der Waals surface area contributed by atoms with E-state index in [1.54, 1.807) is 11.1 Å². The number of nitrogens with zero attached hydrogens (tertiary/aromatic N) is 4. The summed E-state index contributed by atoms with van der Waals surface area (Å²) in [6, 6.07) is 41.5. The highest BCUT2D eigenvalue weighted by molar-refractivity contribution is 5.88. The SMILES string of the molecule is CC[C@@H]1C[C@@H]2C[C@H](C)CC(c3cc(-c4nc(-c5ccccc5)nc(-c5ccc(-c6ccc7cc(C#N)ccc7c6)cc5)n4)cc(C45C[C@H](C)C[C@H](C[C@H](C)C4)C5)c3)(C1)C2. The molecule has 2 unspecified atom stereocenters. The Bertz CT molecular complexity index is 2530. The van der Waals surface area contributed by atoms with Crippen LogP contribution in [-0.2, 0) is 10.8 Å². The van der Waals surface area contributed by atoms with Gasteiger partial charge in [0.2, 0.25) is 0 Å². The van der Waals surface area contributed by atoms with Crippen LogP contribution in [0.15, 0.2) is 109 Å². The maximum absolute atomic E-state index is 9.39. The second kappa shape index (κ2) is 15.2. The molecule has 59 heavy (non-hydrogen) atoms. The molecule has 298 valence electrons. The molecule has 0 saturated heterocycles. The Labute approximate surface area is 351 Å². The van der Waals surface area contributed by atoms with Crippen LogP contribution in [0.3, 0.4) is 0 Å². The smallest absolute Gasteiger partial charge is 0.164 e. The largest absolute Gasteiger partial charge is 0.208 e. The summed E-state index contributed by atoms with van der Waals surface area (Å²) in [7, 11) is 0. The van der Waals surface area contributed by atoms with Crippen LogP contribution in [0.1, 0.15) is 115 Å². The van der Waals surface area contributed by atoms with E-state index in [1.165, 1.54) is 70.6 Å². The summed E-state index contributed by atoms with van der Waals surface area (Å²) >= 11 is 0. The number of benzene rings is 5. The lowest BCUT2D eigenvalue weighted by Gasteiger charge is -2.53. The number of aromatic nitrogens is 3. The summed E-state index contributed by atoms with van der Waals surface area (Å²) in [6.45, 7) is 9.98. The molecule has 4 aliphatic carbocycles. The summed E-state index contributed by atoms with van der Waals surface area (Å²) in [5.41, 5.74) is 9.63. The Balaban J connectivity index is 1.11. The summed E-state index contributed by atoms with van der Waals surface area (Å²) in [6.07, 6.45) is 14.6. The molecule has 4 fully saturated rings. The van der Waals surface area contributed by atoms with Gasteiger partial charge >= 0.3 is 0 Å². The van der Waals surface area contributed by atoms with Crippen LogP contribution in [0.5, 0.6) is 0 Å². The molecule has 0 aliphatic heterocycles. The number of fused-ring (bicyclic) bond motifs is 5. The molecule has 0 amide bonds. The Kier molecular flexibility index (Phi) is 9.78. The van der Waals surface area contributed by atoms with Gasteiger partial charge in [-0.3, -0.25) is 0 Å². The highest BCUT2D eigenvalue weighted by atomic mass is 15.0. The summed E-state index contributed by atoms with van der Waals surface area (Å²) < 4.78 is 0. The molecule has 4 heteroatoms. The lowest BCUT2D eigenvalue weighted by molar-refractivity contribution is 0.0684. The fraction of sp³-hybridized carbons (Fsp3) is 0.418. The molecule has 4 saturated carbocycles. The van der Waals surface area contributed by atoms with Crippen LogP contribution < -0.4 is 0 Å². The third kappa shape index (κ3) is 7.30. The van der Waals surface area contributed by atoms with Gasteiger partial charge in [0.25, 0.3) is 0 Å². The molecule has 4 bridgehead atoms. The molecule has 0 spiro atoms. The van der Waals surface area contributed by atoms with Gasteiger partial charge in [-0.2, -0.15) is 5.26 Å². The van der Waals surface area contributed by atoms with E-state index in [4.69, 9.17) is 15.0 Å². The molecule has 10 rings (SSSR count). The highest BCUT2D eigenvalue weighted by Gasteiger charge is 2.49. The maximum atomic E-state index is 9.39. The normalized spacial score (nSPS) is 28.9. The van der Waals surface area contributed by atoms with Crippen molar-refractivity contribution >= 4 is 10.8 Å². The maximum Gasteiger partial charge on any atom is 0.164 e. The van der Waals surface area contributed by atoms with Gasteiger partial charge in [0.05, 0.1) is 11.6 Å². The summed E-state index contributed by atoms with van der Waals surface area (Å²) in [4.78, 5) is 16.0. The quantitative estimate of drug-likeness (QED) is 0.162. The third-order valence-corrected chi connectivity index (χ3v) is 15.2. The lowest BCUT2D eigenvalue weighted by atomic mass is 9.52. The third-order valence-electron chi connectivity index (χ3n) is 15.2. The van der Waals surface area contributed by atoms with Crippen molar-refractivity contribution in [1.82, 2.24) is 15.0 Å². The van der Waals surface area contributed by atoms with Crippen molar-refractivity contribution in [3.05, 3.63) is 126 Å². The fourth-order valence-corrected chi connectivity index (χ4v) is 13.2. The summed E-state index contributed by atoms with van der Waals surface area (Å²) in [5.74, 6) is 6.87. The van der Waals surface area contributed by atoms with Gasteiger partial charge in [-0.15, -0.1) is 0 Å². The average Bonchev–Trinajstić information content (AvgIpc) is 3.25. The molecule has 1 aromatic heterocycles. The first kappa shape index (κ1) is 38.1. The van der Waals surface area contributed by atoms with Crippen molar-refractivity contribution < 1.29 is 0 Å². The van der Waals surface area contributed by atoms with Crippen molar-refractivity contribution in [2.45, 2.75) is 109 Å². The van der Waals surface area contributed by atoms with Gasteiger partial charge in [-0.05, 0) is 174 Å². The molecule has 6 aromatic rings. The van der Waals surface area contributed by atoms with Crippen LogP contribution in [0.4, 0.5) is 0 Å². The molecule has 4 nitrogen and oxygen atoms in total. The predicted octanol–water partition coefficient (Wildman–Crippen LogP) is 14.2. The van der Waals surface area contributed by atoms with E-state index in [1.807, 2.05) is 18.2 Å². The minimum Gasteiger partial charge on any atom is -0.208 e. The first-order chi connectivity index (χ1) is 28.7. The molecule has 0 N–H and O–H groups in total. The first-order valence-corrected chi connectivity index (χ1v) is 22.7. The second-order valence-electron chi connectivity index (χ2n) is 20.0. The van der Waals surface area contributed by atoms with Gasteiger partial charge in [0.15, 0.2) is 17.5 Å². The van der Waals surface area contributed by atoms with Crippen LogP contribution in [0.25, 0.3) is 56.1 Å². The van der Waals surface area contributed by atoms with E-state index in [2.05, 4.69) is 125 Å². The standard InChI is InChI=1S/C55H58N4/c1-5-38-22-41-21-37(4)30-55(31-38,33-41)50-26-48(25-49(27-50)54-28-35(2)19-40(32-54)20-36(3)29-54)53-58-51(43-9-7-6-8-10-43)57-52(59-53)44-15-13-42(14-16-44)46-18-17-45-23-39(34-56)11-12-47(45)24-46/h6-18,23-27,35-38,40-41H,5,19-22,28-33H2,1-4H3/t35-,36+,37-,38+,40-,41-,54?,55?/m0/s1. The second-order valence-corrected chi connectivity index (χ2v) is 20.0. The van der Waals surface area contributed by atoms with E-state index in [0.717, 1.165) is 85.7 Å². The first-order valence-electron chi connectivity index (χ1n) is 22.7. The molecular weight excluding hydrogens is 717 g/mol. The van der Waals surface area contributed by atoms with Crippen molar-refractivity contribution in [1.29, 1.82) is 5.26 Å². The van der Waals surface area contributed by atoms with Crippen LogP contribution >= 0.6 is 0 Å². The van der Waals surface area contributed by atoms with E-state index in [0.29, 0.717) is 11.4 Å². The van der Waals surface area contributed by atoms with E-state index in [-0.39, 0.29) is 10.8 Å². The van der Waals surface area contributed by atoms with Crippen molar-refractivity contribution in [2.75, 3.05) is 0 Å². The van der Waals surface area contributed by atoms with Crippen molar-refractivity contribution in [3.8, 4) is 51.4 Å². The van der Waals surface area contributed by atoms with Crippen molar-refractivity contribution in [2.24, 2.45) is 35.5 Å². The number of hydrogen-bond donors (Lipinski definition) is 0. The molecule has 4 aliphatic rings. The fourth-order valence-electron chi connectivity index (χ4n) is 13.2. The zero-order chi connectivity index (χ0) is 40.3. The molecular formula is C55H58N4. The molecule has 0 radical (unpaired) electrons. The zero-order valence-electron chi connectivity index (χ0n) is 35.4. The average molecular weight is 775 g/mol. The summed E-state index contributed by atoms with van der Waals surface area (Å²) in [5, 5.41) is 11.6. The molecule has 8 atom stereocenters. The Morgan fingerprint density at radius 3 is 1.63 bits per heavy atom. The Morgan fingerprint density at radius 1 is 0.508 bits per heavy atom. The topological polar surface area (TPSA) is 62.5 Å². The van der Waals surface area contributed by atoms with Crippen LogP contribution in [0.2, 0.25) is 0 Å². The van der Waals surface area contributed by atoms with Crippen LogP contribution in [0, 0.1) is 46.8 Å².